The molecule has 156 valence electrons. The van der Waals surface area contributed by atoms with E-state index in [1.165, 1.54) is 6.21 Å². The van der Waals surface area contributed by atoms with Crippen LogP contribution in [0, 0.1) is 6.92 Å². The number of nitrogens with zero attached hydrogens (tertiary/aromatic N) is 1. The van der Waals surface area contributed by atoms with Gasteiger partial charge in [0, 0.05) is 15.7 Å². The monoisotopic (exact) mass is 479 g/mol. The molecular formula is C23H18BrN3O4. The third-order valence-corrected chi connectivity index (χ3v) is 4.53. The SMILES string of the molecule is Cc1cccc(C(=O)Oc2ccc(Br)cc2/C=N\NC(=O)C(=O)Nc2ccccc2)c1. The van der Waals surface area contributed by atoms with Crippen molar-refractivity contribution in [1.29, 1.82) is 0 Å². The smallest absolute Gasteiger partial charge is 0.343 e. The maximum absolute atomic E-state index is 12.4. The lowest BCUT2D eigenvalue weighted by molar-refractivity contribution is -0.136. The Morgan fingerprint density at radius 3 is 2.45 bits per heavy atom. The molecule has 3 aromatic rings. The van der Waals surface area contributed by atoms with Crippen LogP contribution in [0.25, 0.3) is 0 Å². The number of esters is 1. The molecular weight excluding hydrogens is 462 g/mol. The number of carbonyl (C=O) groups excluding carboxylic acids is 3. The van der Waals surface area contributed by atoms with Crippen molar-refractivity contribution >= 4 is 45.6 Å². The normalized spacial score (nSPS) is 10.5. The number of para-hydroxylation sites is 1. The van der Waals surface area contributed by atoms with E-state index in [0.717, 1.165) is 10.0 Å². The highest BCUT2D eigenvalue weighted by atomic mass is 79.9. The second-order valence-electron chi connectivity index (χ2n) is 6.46. The molecule has 0 heterocycles. The summed E-state index contributed by atoms with van der Waals surface area (Å²) in [4.78, 5) is 36.3. The number of anilines is 1. The van der Waals surface area contributed by atoms with Crippen molar-refractivity contribution in [2.75, 3.05) is 5.32 Å². The first kappa shape index (κ1) is 21.9. The average molecular weight is 480 g/mol. The first-order chi connectivity index (χ1) is 14.9. The lowest BCUT2D eigenvalue weighted by Crippen LogP contribution is -2.32. The molecule has 0 aliphatic carbocycles. The van der Waals surface area contributed by atoms with Gasteiger partial charge in [-0.25, -0.2) is 10.2 Å². The molecule has 0 aliphatic heterocycles. The van der Waals surface area contributed by atoms with Crippen LogP contribution >= 0.6 is 15.9 Å². The molecule has 0 aromatic heterocycles. The van der Waals surface area contributed by atoms with Crippen LogP contribution in [0.3, 0.4) is 0 Å². The summed E-state index contributed by atoms with van der Waals surface area (Å²) in [5.41, 5.74) is 4.42. The highest BCUT2D eigenvalue weighted by molar-refractivity contribution is 9.10. The van der Waals surface area contributed by atoms with E-state index in [9.17, 15) is 14.4 Å². The summed E-state index contributed by atoms with van der Waals surface area (Å²) in [6.07, 6.45) is 1.29. The molecule has 0 saturated heterocycles. The van der Waals surface area contributed by atoms with Gasteiger partial charge in [-0.2, -0.15) is 5.10 Å². The highest BCUT2D eigenvalue weighted by Gasteiger charge is 2.14. The fraction of sp³-hybridized carbons (Fsp3) is 0.0435. The Morgan fingerprint density at radius 2 is 1.71 bits per heavy atom. The summed E-state index contributed by atoms with van der Waals surface area (Å²) >= 11 is 3.34. The number of hydrazone groups is 1. The van der Waals surface area contributed by atoms with Crippen LogP contribution in [0.5, 0.6) is 5.75 Å². The largest absolute Gasteiger partial charge is 0.422 e. The zero-order chi connectivity index (χ0) is 22.2. The van der Waals surface area contributed by atoms with Crippen molar-refractivity contribution < 1.29 is 19.1 Å². The molecule has 0 radical (unpaired) electrons. The van der Waals surface area contributed by atoms with Gasteiger partial charge in [0.25, 0.3) is 0 Å². The molecule has 8 heteroatoms. The predicted octanol–water partition coefficient (Wildman–Crippen LogP) is 4.07. The number of hydrogen-bond donors (Lipinski definition) is 2. The molecule has 0 aliphatic rings. The number of rotatable bonds is 5. The molecule has 0 bridgehead atoms. The molecule has 0 unspecified atom stereocenters. The summed E-state index contributed by atoms with van der Waals surface area (Å²) in [5, 5.41) is 6.26. The van der Waals surface area contributed by atoms with Gasteiger partial charge in [0.15, 0.2) is 0 Å². The Balaban J connectivity index is 1.67. The Bertz CT molecular complexity index is 1150. The van der Waals surface area contributed by atoms with Crippen LogP contribution in [0.15, 0.2) is 82.4 Å². The van der Waals surface area contributed by atoms with E-state index >= 15 is 0 Å². The van der Waals surface area contributed by atoms with Crippen molar-refractivity contribution in [3.63, 3.8) is 0 Å². The Kier molecular flexibility index (Phi) is 7.29. The Labute approximate surface area is 187 Å². The van der Waals surface area contributed by atoms with Crippen molar-refractivity contribution in [2.24, 2.45) is 5.10 Å². The molecule has 0 saturated carbocycles. The molecule has 0 spiro atoms. The van der Waals surface area contributed by atoms with Gasteiger partial charge in [-0.3, -0.25) is 9.59 Å². The van der Waals surface area contributed by atoms with Crippen molar-refractivity contribution in [2.45, 2.75) is 6.92 Å². The number of amides is 2. The summed E-state index contributed by atoms with van der Waals surface area (Å²) in [6, 6.07) is 20.6. The predicted molar refractivity (Wildman–Crippen MR) is 121 cm³/mol. The van der Waals surface area contributed by atoms with E-state index in [-0.39, 0.29) is 5.75 Å². The van der Waals surface area contributed by atoms with Gasteiger partial charge in [-0.05, 0) is 49.4 Å². The molecule has 7 nitrogen and oxygen atoms in total. The zero-order valence-electron chi connectivity index (χ0n) is 16.5. The van der Waals surface area contributed by atoms with Gasteiger partial charge in [0.05, 0.1) is 11.8 Å². The minimum absolute atomic E-state index is 0.251. The molecule has 0 atom stereocenters. The molecule has 2 N–H and O–H groups in total. The summed E-state index contributed by atoms with van der Waals surface area (Å²) < 4.78 is 6.20. The third-order valence-electron chi connectivity index (χ3n) is 4.04. The van der Waals surface area contributed by atoms with Crippen LogP contribution in [-0.4, -0.2) is 24.0 Å². The standard InChI is InChI=1S/C23H18BrN3O4/c1-15-6-5-7-16(12-15)23(30)31-20-11-10-18(24)13-17(20)14-25-27-22(29)21(28)26-19-8-3-2-4-9-19/h2-14H,1H3,(H,26,28)(H,27,29)/b25-14-. The fourth-order valence-corrected chi connectivity index (χ4v) is 2.94. The molecule has 0 fully saturated rings. The number of hydrogen-bond acceptors (Lipinski definition) is 5. The molecule has 31 heavy (non-hydrogen) atoms. The lowest BCUT2D eigenvalue weighted by Gasteiger charge is -2.08. The van der Waals surface area contributed by atoms with E-state index in [2.05, 4.69) is 31.8 Å². The van der Waals surface area contributed by atoms with Crippen molar-refractivity contribution in [3.05, 3.63) is 94.0 Å². The summed E-state index contributed by atoms with van der Waals surface area (Å²) in [5.74, 6) is -2.06. The van der Waals surface area contributed by atoms with Crippen LogP contribution < -0.4 is 15.5 Å². The number of carbonyl (C=O) groups is 3. The van der Waals surface area contributed by atoms with Gasteiger partial charge >= 0.3 is 17.8 Å². The number of benzene rings is 3. The molecule has 3 rings (SSSR count). The highest BCUT2D eigenvalue weighted by Crippen LogP contribution is 2.23. The lowest BCUT2D eigenvalue weighted by atomic mass is 10.1. The summed E-state index contributed by atoms with van der Waals surface area (Å²) in [6.45, 7) is 1.88. The third kappa shape index (κ3) is 6.35. The van der Waals surface area contributed by atoms with E-state index in [0.29, 0.717) is 16.8 Å². The second kappa shape index (κ2) is 10.3. The van der Waals surface area contributed by atoms with Gasteiger partial charge < -0.3 is 10.1 Å². The van der Waals surface area contributed by atoms with Crippen LogP contribution in [-0.2, 0) is 9.59 Å². The Morgan fingerprint density at radius 1 is 0.935 bits per heavy atom. The van der Waals surface area contributed by atoms with E-state index in [1.807, 2.05) is 13.0 Å². The van der Waals surface area contributed by atoms with Gasteiger partial charge in [-0.1, -0.05) is 51.8 Å². The van der Waals surface area contributed by atoms with E-state index in [4.69, 9.17) is 4.74 Å². The van der Waals surface area contributed by atoms with Gasteiger partial charge in [0.2, 0.25) is 0 Å². The number of halogens is 1. The number of aryl methyl sites for hydroxylation is 1. The second-order valence-corrected chi connectivity index (χ2v) is 7.38. The van der Waals surface area contributed by atoms with Gasteiger partial charge in [0.1, 0.15) is 5.75 Å². The maximum Gasteiger partial charge on any atom is 0.343 e. The van der Waals surface area contributed by atoms with Crippen molar-refractivity contribution in [3.8, 4) is 5.75 Å². The number of ether oxygens (including phenoxy) is 1. The minimum atomic E-state index is -0.937. The maximum atomic E-state index is 12.4. The van der Waals surface area contributed by atoms with Crippen LogP contribution in [0.2, 0.25) is 0 Å². The first-order valence-corrected chi connectivity index (χ1v) is 9.99. The summed E-state index contributed by atoms with van der Waals surface area (Å²) in [7, 11) is 0. The molecule has 2 amide bonds. The molecule has 3 aromatic carbocycles. The van der Waals surface area contributed by atoms with Crippen molar-refractivity contribution in [1.82, 2.24) is 5.43 Å². The van der Waals surface area contributed by atoms with Gasteiger partial charge in [-0.15, -0.1) is 0 Å². The topological polar surface area (TPSA) is 96.9 Å². The van der Waals surface area contributed by atoms with E-state index in [1.54, 1.807) is 66.7 Å². The average Bonchev–Trinajstić information content (AvgIpc) is 2.76. The minimum Gasteiger partial charge on any atom is -0.422 e. The van der Waals surface area contributed by atoms with Crippen LogP contribution in [0.1, 0.15) is 21.5 Å². The first-order valence-electron chi connectivity index (χ1n) is 9.20. The van der Waals surface area contributed by atoms with Crippen LogP contribution in [0.4, 0.5) is 5.69 Å². The van der Waals surface area contributed by atoms with E-state index < -0.39 is 17.8 Å². The Hall–Kier alpha value is -3.78. The fourth-order valence-electron chi connectivity index (χ4n) is 2.56. The quantitative estimate of drug-likeness (QED) is 0.189. The zero-order valence-corrected chi connectivity index (χ0v) is 18.0. The number of nitrogens with one attached hydrogen (secondary N) is 2.